The normalized spacial score (nSPS) is 14.8. The second-order valence-corrected chi connectivity index (χ2v) is 6.19. The molecule has 0 saturated heterocycles. The average molecular weight is 239 g/mol. The first-order valence-corrected chi connectivity index (χ1v) is 7.06. The average Bonchev–Trinajstić information content (AvgIpc) is 2.24. The summed E-state index contributed by atoms with van der Waals surface area (Å²) in [6.45, 7) is 6.79. The largest absolute Gasteiger partial charge is 0.330 e. The molecule has 0 aliphatic rings. The fourth-order valence-corrected chi connectivity index (χ4v) is 2.76. The van der Waals surface area contributed by atoms with Crippen LogP contribution in [0.2, 0.25) is 0 Å². The van der Waals surface area contributed by atoms with Gasteiger partial charge in [-0.05, 0) is 43.5 Å². The van der Waals surface area contributed by atoms with Crippen LogP contribution in [-0.2, 0) is 16.6 Å². The van der Waals surface area contributed by atoms with Crippen molar-refractivity contribution in [2.24, 2.45) is 5.73 Å². The minimum Gasteiger partial charge on any atom is -0.330 e. The molecule has 0 aromatic heterocycles. The lowest BCUT2D eigenvalue weighted by molar-refractivity contribution is 0.665. The van der Waals surface area contributed by atoms with Crippen LogP contribution in [0.15, 0.2) is 18.2 Å². The lowest BCUT2D eigenvalue weighted by atomic mass is 10.1. The van der Waals surface area contributed by atoms with Crippen molar-refractivity contribution in [2.45, 2.75) is 38.2 Å². The smallest absolute Gasteiger partial charge is 0.0488 e. The van der Waals surface area contributed by atoms with E-state index in [4.69, 9.17) is 5.73 Å². The Morgan fingerprint density at radius 2 is 2.00 bits per heavy atom. The molecule has 90 valence electrons. The Balaban J connectivity index is 2.66. The molecule has 2 unspecified atom stereocenters. The number of hydrogen-bond donors (Lipinski definition) is 1. The third-order valence-corrected chi connectivity index (χ3v) is 4.65. The second-order valence-electron chi connectivity index (χ2n) is 4.33. The highest BCUT2D eigenvalue weighted by molar-refractivity contribution is 7.84. The van der Waals surface area contributed by atoms with E-state index in [2.05, 4.69) is 32.0 Å². The molecule has 0 aliphatic carbocycles. The summed E-state index contributed by atoms with van der Waals surface area (Å²) in [5.74, 6) is 0.641. The molecule has 16 heavy (non-hydrogen) atoms. The van der Waals surface area contributed by atoms with Gasteiger partial charge in [0.25, 0.3) is 0 Å². The highest BCUT2D eigenvalue weighted by Crippen LogP contribution is 2.13. The second kappa shape index (κ2) is 6.16. The first-order valence-electron chi connectivity index (χ1n) is 5.68. The first-order chi connectivity index (χ1) is 7.54. The van der Waals surface area contributed by atoms with E-state index >= 15 is 0 Å². The van der Waals surface area contributed by atoms with Gasteiger partial charge in [0.1, 0.15) is 0 Å². The van der Waals surface area contributed by atoms with Crippen molar-refractivity contribution in [1.82, 2.24) is 0 Å². The van der Waals surface area contributed by atoms with Gasteiger partial charge < -0.3 is 5.73 Å². The zero-order valence-corrected chi connectivity index (χ0v) is 11.1. The van der Waals surface area contributed by atoms with Crippen LogP contribution in [0.4, 0.5) is 0 Å². The highest BCUT2D eigenvalue weighted by Gasteiger charge is 2.10. The van der Waals surface area contributed by atoms with E-state index in [0.29, 0.717) is 12.3 Å². The van der Waals surface area contributed by atoms with Gasteiger partial charge in [0.15, 0.2) is 0 Å². The Hall–Kier alpha value is -0.670. The number of benzene rings is 1. The number of aryl methyl sites for hydroxylation is 2. The van der Waals surface area contributed by atoms with E-state index in [1.807, 2.05) is 6.92 Å². The molecule has 0 fully saturated rings. The summed E-state index contributed by atoms with van der Waals surface area (Å²) in [4.78, 5) is 0. The van der Waals surface area contributed by atoms with E-state index in [9.17, 15) is 4.21 Å². The third-order valence-electron chi connectivity index (χ3n) is 2.90. The third kappa shape index (κ3) is 3.72. The van der Waals surface area contributed by atoms with E-state index in [0.717, 1.165) is 12.0 Å². The van der Waals surface area contributed by atoms with Crippen LogP contribution in [0.1, 0.15) is 30.0 Å². The summed E-state index contributed by atoms with van der Waals surface area (Å²) in [6.07, 6.45) is 0.831. The molecule has 0 amide bonds. The van der Waals surface area contributed by atoms with E-state index in [1.165, 1.54) is 11.1 Å². The van der Waals surface area contributed by atoms with Gasteiger partial charge in [-0.1, -0.05) is 25.1 Å². The monoisotopic (exact) mass is 239 g/mol. The minimum atomic E-state index is -0.811. The van der Waals surface area contributed by atoms with Crippen molar-refractivity contribution in [3.05, 3.63) is 34.9 Å². The fraction of sp³-hybridized carbons (Fsp3) is 0.538. The lowest BCUT2D eigenvalue weighted by Gasteiger charge is -2.11. The summed E-state index contributed by atoms with van der Waals surface area (Å²) in [6, 6.07) is 6.28. The maximum Gasteiger partial charge on any atom is 0.0488 e. The van der Waals surface area contributed by atoms with E-state index in [-0.39, 0.29) is 5.25 Å². The van der Waals surface area contributed by atoms with Crippen molar-refractivity contribution in [2.75, 3.05) is 6.54 Å². The lowest BCUT2D eigenvalue weighted by Crippen LogP contribution is -2.17. The summed E-state index contributed by atoms with van der Waals surface area (Å²) in [5.41, 5.74) is 9.17. The van der Waals surface area contributed by atoms with Crippen molar-refractivity contribution in [1.29, 1.82) is 0 Å². The maximum atomic E-state index is 12.0. The highest BCUT2D eigenvalue weighted by atomic mass is 32.2. The minimum absolute atomic E-state index is 0.187. The fourth-order valence-electron chi connectivity index (χ4n) is 1.57. The van der Waals surface area contributed by atoms with Crippen LogP contribution in [0.3, 0.4) is 0 Å². The van der Waals surface area contributed by atoms with E-state index < -0.39 is 10.8 Å². The van der Waals surface area contributed by atoms with Crippen molar-refractivity contribution >= 4 is 10.8 Å². The zero-order chi connectivity index (χ0) is 12.1. The topological polar surface area (TPSA) is 43.1 Å². The van der Waals surface area contributed by atoms with Crippen molar-refractivity contribution in [3.8, 4) is 0 Å². The molecular formula is C13H21NOS. The van der Waals surface area contributed by atoms with Gasteiger partial charge in [-0.25, -0.2) is 0 Å². The van der Waals surface area contributed by atoms with Crippen LogP contribution in [-0.4, -0.2) is 16.0 Å². The Kier molecular flexibility index (Phi) is 5.16. The molecule has 0 spiro atoms. The van der Waals surface area contributed by atoms with Gasteiger partial charge >= 0.3 is 0 Å². The number of rotatable bonds is 5. The van der Waals surface area contributed by atoms with Gasteiger partial charge in [-0.3, -0.25) is 4.21 Å². The Labute approximate surface area is 101 Å². The number of nitrogens with two attached hydrogens (primary N) is 1. The van der Waals surface area contributed by atoms with Crippen molar-refractivity contribution in [3.63, 3.8) is 0 Å². The summed E-state index contributed by atoms with van der Waals surface area (Å²) in [5, 5.41) is 0.187. The van der Waals surface area contributed by atoms with E-state index in [1.54, 1.807) is 0 Å². The maximum absolute atomic E-state index is 12.0. The zero-order valence-electron chi connectivity index (χ0n) is 10.3. The molecule has 3 heteroatoms. The van der Waals surface area contributed by atoms with Gasteiger partial charge in [0.05, 0.1) is 0 Å². The standard InChI is InChI=1S/C13H21NOS/c1-10-4-5-13(8-11(10)2)9-16(15)12(3)6-7-14/h4-5,8,12H,6-7,9,14H2,1-3H3. The molecule has 0 bridgehead atoms. The van der Waals surface area contributed by atoms with Gasteiger partial charge in [-0.15, -0.1) is 0 Å². The molecule has 2 N–H and O–H groups in total. The Bertz CT molecular complexity index is 376. The van der Waals surface area contributed by atoms with Crippen LogP contribution >= 0.6 is 0 Å². The predicted molar refractivity (Wildman–Crippen MR) is 70.9 cm³/mol. The van der Waals surface area contributed by atoms with Crippen molar-refractivity contribution < 1.29 is 4.21 Å². The molecule has 0 aliphatic heterocycles. The van der Waals surface area contributed by atoms with Crippen LogP contribution < -0.4 is 5.73 Å². The van der Waals surface area contributed by atoms with Gasteiger partial charge in [-0.2, -0.15) is 0 Å². The molecule has 1 aromatic rings. The van der Waals surface area contributed by atoms with Gasteiger partial charge in [0.2, 0.25) is 0 Å². The summed E-state index contributed by atoms with van der Waals surface area (Å²) in [7, 11) is -0.811. The summed E-state index contributed by atoms with van der Waals surface area (Å²) < 4.78 is 12.0. The molecule has 0 saturated carbocycles. The molecule has 2 atom stereocenters. The molecule has 0 heterocycles. The summed E-state index contributed by atoms with van der Waals surface area (Å²) >= 11 is 0. The number of hydrogen-bond acceptors (Lipinski definition) is 2. The van der Waals surface area contributed by atoms with Crippen LogP contribution in [0.5, 0.6) is 0 Å². The van der Waals surface area contributed by atoms with Crippen LogP contribution in [0, 0.1) is 13.8 Å². The molecule has 1 rings (SSSR count). The molecule has 0 radical (unpaired) electrons. The van der Waals surface area contributed by atoms with Crippen LogP contribution in [0.25, 0.3) is 0 Å². The molecule has 1 aromatic carbocycles. The van der Waals surface area contributed by atoms with Gasteiger partial charge in [0, 0.05) is 21.8 Å². The SMILES string of the molecule is Cc1ccc(CS(=O)C(C)CCN)cc1C. The molecule has 2 nitrogen and oxygen atoms in total. The Morgan fingerprint density at radius 3 is 2.56 bits per heavy atom. The molecular weight excluding hydrogens is 218 g/mol. The Morgan fingerprint density at radius 1 is 1.31 bits per heavy atom. The quantitative estimate of drug-likeness (QED) is 0.856. The first kappa shape index (κ1) is 13.4. The predicted octanol–water partition coefficient (Wildman–Crippen LogP) is 2.29.